The number of benzene rings is 1. The second-order valence-electron chi connectivity index (χ2n) is 5.23. The van der Waals surface area contributed by atoms with Crippen LogP contribution in [0.3, 0.4) is 0 Å². The van der Waals surface area contributed by atoms with E-state index in [4.69, 9.17) is 9.47 Å². The predicted octanol–water partition coefficient (Wildman–Crippen LogP) is 2.99. The minimum Gasteiger partial charge on any atom is -0.491 e. The van der Waals surface area contributed by atoms with Gasteiger partial charge in [-0.15, -0.1) is 0 Å². The van der Waals surface area contributed by atoms with Crippen LogP contribution in [0.4, 0.5) is 0 Å². The largest absolute Gasteiger partial charge is 0.491 e. The molecule has 0 atom stereocenters. The molecule has 0 saturated heterocycles. The summed E-state index contributed by atoms with van der Waals surface area (Å²) >= 11 is 0. The van der Waals surface area contributed by atoms with Gasteiger partial charge in [-0.25, -0.2) is 0 Å². The molecule has 3 nitrogen and oxygen atoms in total. The lowest BCUT2D eigenvalue weighted by Gasteiger charge is -2.19. The maximum Gasteiger partial charge on any atom is 0.119 e. The molecule has 102 valence electrons. The molecule has 0 amide bonds. The molecule has 0 radical (unpaired) electrons. The van der Waals surface area contributed by atoms with Crippen LogP contribution in [0.5, 0.6) is 5.75 Å². The van der Waals surface area contributed by atoms with Gasteiger partial charge in [0, 0.05) is 6.54 Å². The maximum absolute atomic E-state index is 5.62. The molecule has 18 heavy (non-hydrogen) atoms. The van der Waals surface area contributed by atoms with E-state index in [0.717, 1.165) is 18.8 Å². The molecule has 1 aromatic carbocycles. The number of hydrogen-bond donors (Lipinski definition) is 1. The van der Waals surface area contributed by atoms with E-state index in [-0.39, 0.29) is 5.60 Å². The van der Waals surface area contributed by atoms with Gasteiger partial charge in [0.1, 0.15) is 12.4 Å². The van der Waals surface area contributed by atoms with Crippen LogP contribution in [0.25, 0.3) is 0 Å². The summed E-state index contributed by atoms with van der Waals surface area (Å²) in [5.41, 5.74) is 1.18. The molecule has 0 heterocycles. The van der Waals surface area contributed by atoms with Gasteiger partial charge in [-0.2, -0.15) is 0 Å². The van der Waals surface area contributed by atoms with E-state index >= 15 is 0 Å². The van der Waals surface area contributed by atoms with Crippen LogP contribution in [0.2, 0.25) is 0 Å². The highest BCUT2D eigenvalue weighted by atomic mass is 16.5. The van der Waals surface area contributed by atoms with Gasteiger partial charge in [0.15, 0.2) is 0 Å². The highest BCUT2D eigenvalue weighted by molar-refractivity contribution is 5.27. The number of ether oxygens (including phenoxy) is 2. The van der Waals surface area contributed by atoms with Crippen molar-refractivity contribution in [3.8, 4) is 5.75 Å². The Morgan fingerprint density at radius 1 is 1.06 bits per heavy atom. The van der Waals surface area contributed by atoms with Crippen molar-refractivity contribution in [1.82, 2.24) is 5.32 Å². The molecule has 1 rings (SSSR count). The van der Waals surface area contributed by atoms with Crippen LogP contribution in [-0.2, 0) is 11.3 Å². The first-order chi connectivity index (χ1) is 8.51. The summed E-state index contributed by atoms with van der Waals surface area (Å²) in [5, 5.41) is 3.29. The third-order valence-corrected chi connectivity index (χ3v) is 2.39. The molecule has 0 fully saturated rings. The van der Waals surface area contributed by atoms with Gasteiger partial charge in [0.2, 0.25) is 0 Å². The Bertz CT molecular complexity index is 327. The van der Waals surface area contributed by atoms with Crippen molar-refractivity contribution in [3.05, 3.63) is 29.8 Å². The van der Waals surface area contributed by atoms with Gasteiger partial charge in [-0.05, 0) is 45.0 Å². The average Bonchev–Trinajstić information content (AvgIpc) is 2.32. The summed E-state index contributed by atoms with van der Waals surface area (Å²) in [5.74, 6) is 0.896. The van der Waals surface area contributed by atoms with Gasteiger partial charge in [-0.3, -0.25) is 0 Å². The molecule has 0 saturated carbocycles. The summed E-state index contributed by atoms with van der Waals surface area (Å²) in [7, 11) is 0. The Kier molecular flexibility index (Phi) is 6.16. The minimum absolute atomic E-state index is 0.0982. The first-order valence-electron chi connectivity index (χ1n) is 6.57. The Balaban J connectivity index is 2.26. The molecule has 0 aliphatic heterocycles. The lowest BCUT2D eigenvalue weighted by atomic mass is 10.2. The molecule has 1 N–H and O–H groups in total. The fourth-order valence-electron chi connectivity index (χ4n) is 1.48. The molecule has 0 aliphatic rings. The van der Waals surface area contributed by atoms with Crippen LogP contribution in [0.15, 0.2) is 24.3 Å². The van der Waals surface area contributed by atoms with Crippen LogP contribution in [0, 0.1) is 0 Å². The molecule has 3 heteroatoms. The summed E-state index contributed by atoms with van der Waals surface area (Å²) in [6, 6.07) is 8.18. The van der Waals surface area contributed by atoms with Crippen molar-refractivity contribution in [3.63, 3.8) is 0 Å². The van der Waals surface area contributed by atoms with E-state index in [1.807, 2.05) is 32.9 Å². The zero-order valence-corrected chi connectivity index (χ0v) is 12.0. The molecule has 1 aromatic rings. The molecular weight excluding hydrogens is 226 g/mol. The van der Waals surface area contributed by atoms with Crippen LogP contribution < -0.4 is 10.1 Å². The van der Waals surface area contributed by atoms with E-state index in [9.17, 15) is 0 Å². The zero-order valence-electron chi connectivity index (χ0n) is 12.0. The van der Waals surface area contributed by atoms with E-state index in [2.05, 4.69) is 24.4 Å². The predicted molar refractivity (Wildman–Crippen MR) is 75.0 cm³/mol. The SMILES string of the molecule is CCNCc1ccc(OCCOC(C)(C)C)cc1. The molecule has 0 spiro atoms. The summed E-state index contributed by atoms with van der Waals surface area (Å²) in [4.78, 5) is 0. The number of nitrogens with one attached hydrogen (secondary N) is 1. The zero-order chi connectivity index (χ0) is 13.4. The Morgan fingerprint density at radius 3 is 2.28 bits per heavy atom. The lowest BCUT2D eigenvalue weighted by molar-refractivity contribution is -0.0163. The van der Waals surface area contributed by atoms with Crippen LogP contribution >= 0.6 is 0 Å². The summed E-state index contributed by atoms with van der Waals surface area (Å²) in [6.45, 7) is 11.3. The van der Waals surface area contributed by atoms with Crippen LogP contribution in [-0.4, -0.2) is 25.4 Å². The fraction of sp³-hybridized carbons (Fsp3) is 0.600. The van der Waals surface area contributed by atoms with Crippen molar-refractivity contribution in [2.45, 2.75) is 39.8 Å². The van der Waals surface area contributed by atoms with Gasteiger partial charge >= 0.3 is 0 Å². The van der Waals surface area contributed by atoms with E-state index in [0.29, 0.717) is 13.2 Å². The quantitative estimate of drug-likeness (QED) is 0.756. The van der Waals surface area contributed by atoms with E-state index in [1.165, 1.54) is 5.56 Å². The Morgan fingerprint density at radius 2 is 1.72 bits per heavy atom. The third-order valence-electron chi connectivity index (χ3n) is 2.39. The first-order valence-corrected chi connectivity index (χ1v) is 6.57. The topological polar surface area (TPSA) is 30.5 Å². The standard InChI is InChI=1S/C15H25NO2/c1-5-16-12-13-6-8-14(9-7-13)17-10-11-18-15(2,3)4/h6-9,16H,5,10-12H2,1-4H3. The first kappa shape index (κ1) is 15.0. The highest BCUT2D eigenvalue weighted by Gasteiger charge is 2.09. The molecule has 0 aliphatic carbocycles. The third kappa shape index (κ3) is 6.62. The van der Waals surface area contributed by atoms with E-state index in [1.54, 1.807) is 0 Å². The molecular formula is C15H25NO2. The second-order valence-corrected chi connectivity index (χ2v) is 5.23. The molecule has 0 unspecified atom stereocenters. The van der Waals surface area contributed by atoms with Gasteiger partial charge in [-0.1, -0.05) is 19.1 Å². The van der Waals surface area contributed by atoms with E-state index < -0.39 is 0 Å². The van der Waals surface area contributed by atoms with Gasteiger partial charge in [0.25, 0.3) is 0 Å². The smallest absolute Gasteiger partial charge is 0.119 e. The number of hydrogen-bond acceptors (Lipinski definition) is 3. The minimum atomic E-state index is -0.0982. The van der Waals surface area contributed by atoms with Crippen LogP contribution in [0.1, 0.15) is 33.3 Å². The Hall–Kier alpha value is -1.06. The summed E-state index contributed by atoms with van der Waals surface area (Å²) < 4.78 is 11.2. The molecule has 0 aromatic heterocycles. The average molecular weight is 251 g/mol. The summed E-state index contributed by atoms with van der Waals surface area (Å²) in [6.07, 6.45) is 0. The highest BCUT2D eigenvalue weighted by Crippen LogP contribution is 2.12. The van der Waals surface area contributed by atoms with Crippen molar-refractivity contribution in [2.24, 2.45) is 0 Å². The number of rotatable bonds is 7. The monoisotopic (exact) mass is 251 g/mol. The Labute approximate surface area is 110 Å². The lowest BCUT2D eigenvalue weighted by Crippen LogP contribution is -2.22. The van der Waals surface area contributed by atoms with Crippen molar-refractivity contribution < 1.29 is 9.47 Å². The fourth-order valence-corrected chi connectivity index (χ4v) is 1.48. The van der Waals surface area contributed by atoms with Gasteiger partial charge < -0.3 is 14.8 Å². The normalized spacial score (nSPS) is 11.6. The van der Waals surface area contributed by atoms with Crippen molar-refractivity contribution >= 4 is 0 Å². The van der Waals surface area contributed by atoms with Gasteiger partial charge in [0.05, 0.1) is 12.2 Å². The second kappa shape index (κ2) is 7.39. The maximum atomic E-state index is 5.62. The molecule has 0 bridgehead atoms. The van der Waals surface area contributed by atoms with Crippen molar-refractivity contribution in [1.29, 1.82) is 0 Å². The van der Waals surface area contributed by atoms with Crippen molar-refractivity contribution in [2.75, 3.05) is 19.8 Å².